The molecule has 2 aromatic carbocycles. The van der Waals surface area contributed by atoms with Crippen LogP contribution in [0.25, 0.3) is 0 Å². The lowest BCUT2D eigenvalue weighted by Crippen LogP contribution is -2.08. The van der Waals surface area contributed by atoms with Crippen molar-refractivity contribution in [3.05, 3.63) is 59.7 Å². The summed E-state index contributed by atoms with van der Waals surface area (Å²) in [5, 5.41) is 0. The van der Waals surface area contributed by atoms with Crippen LogP contribution < -0.4 is 9.64 Å². The summed E-state index contributed by atoms with van der Waals surface area (Å²) in [5.74, 6) is 0.904. The van der Waals surface area contributed by atoms with Gasteiger partial charge in [0.05, 0.1) is 7.11 Å². The molecular weight excluding hydrogens is 222 g/mol. The average molecular weight is 241 g/mol. The van der Waals surface area contributed by atoms with Gasteiger partial charge in [-0.25, -0.2) is 0 Å². The molecule has 2 nitrogen and oxygen atoms in total. The zero-order valence-corrected chi connectivity index (χ0v) is 11.2. The summed E-state index contributed by atoms with van der Waals surface area (Å²) < 4.78 is 5.16. The Bertz CT molecular complexity index is 503. The zero-order chi connectivity index (χ0) is 13.0. The minimum atomic E-state index is 0.904. The van der Waals surface area contributed by atoms with Crippen molar-refractivity contribution >= 4 is 5.69 Å². The standard InChI is InChI=1S/C16H19NO/c1-17(2)15-6-4-5-14(12-15)11-13-7-9-16(18-3)10-8-13/h4-10,12H,11H2,1-3H3. The third kappa shape index (κ3) is 3.04. The topological polar surface area (TPSA) is 12.5 Å². The van der Waals surface area contributed by atoms with Gasteiger partial charge >= 0.3 is 0 Å². The Labute approximate surface area is 109 Å². The molecular formula is C16H19NO. The van der Waals surface area contributed by atoms with Gasteiger partial charge in [0, 0.05) is 19.8 Å². The van der Waals surface area contributed by atoms with Crippen LogP contribution in [0.2, 0.25) is 0 Å². The molecule has 0 atom stereocenters. The number of hydrogen-bond donors (Lipinski definition) is 0. The second-order valence-corrected chi connectivity index (χ2v) is 4.59. The summed E-state index contributed by atoms with van der Waals surface area (Å²) in [6, 6.07) is 16.9. The van der Waals surface area contributed by atoms with Gasteiger partial charge in [0.15, 0.2) is 0 Å². The normalized spacial score (nSPS) is 10.2. The van der Waals surface area contributed by atoms with E-state index < -0.39 is 0 Å². The second kappa shape index (κ2) is 5.58. The van der Waals surface area contributed by atoms with E-state index in [-0.39, 0.29) is 0 Å². The number of nitrogens with zero attached hydrogens (tertiary/aromatic N) is 1. The van der Waals surface area contributed by atoms with Gasteiger partial charge in [-0.2, -0.15) is 0 Å². The van der Waals surface area contributed by atoms with Crippen molar-refractivity contribution in [2.45, 2.75) is 6.42 Å². The van der Waals surface area contributed by atoms with Crippen LogP contribution in [0.5, 0.6) is 5.75 Å². The van der Waals surface area contributed by atoms with E-state index in [4.69, 9.17) is 4.74 Å². The average Bonchev–Trinajstić information content (AvgIpc) is 2.40. The number of hydrogen-bond acceptors (Lipinski definition) is 2. The first-order chi connectivity index (χ1) is 8.69. The van der Waals surface area contributed by atoms with Gasteiger partial charge in [0.1, 0.15) is 5.75 Å². The van der Waals surface area contributed by atoms with Crippen molar-refractivity contribution in [3.8, 4) is 5.75 Å². The number of methoxy groups -OCH3 is 1. The lowest BCUT2D eigenvalue weighted by molar-refractivity contribution is 0.414. The highest BCUT2D eigenvalue weighted by Gasteiger charge is 2.00. The fraction of sp³-hybridized carbons (Fsp3) is 0.250. The van der Waals surface area contributed by atoms with Crippen molar-refractivity contribution in [2.75, 3.05) is 26.1 Å². The first-order valence-electron chi connectivity index (χ1n) is 6.08. The lowest BCUT2D eigenvalue weighted by atomic mass is 10.0. The van der Waals surface area contributed by atoms with E-state index >= 15 is 0 Å². The molecule has 0 saturated heterocycles. The van der Waals surface area contributed by atoms with Crippen LogP contribution in [-0.2, 0) is 6.42 Å². The maximum absolute atomic E-state index is 5.16. The molecule has 0 aliphatic heterocycles. The lowest BCUT2D eigenvalue weighted by Gasteiger charge is -2.13. The van der Waals surface area contributed by atoms with Crippen molar-refractivity contribution in [3.63, 3.8) is 0 Å². The Morgan fingerprint density at radius 2 is 1.67 bits per heavy atom. The molecule has 2 heteroatoms. The van der Waals surface area contributed by atoms with Crippen molar-refractivity contribution in [2.24, 2.45) is 0 Å². The van der Waals surface area contributed by atoms with Crippen LogP contribution in [0.3, 0.4) is 0 Å². The monoisotopic (exact) mass is 241 g/mol. The summed E-state index contributed by atoms with van der Waals surface area (Å²) >= 11 is 0. The summed E-state index contributed by atoms with van der Waals surface area (Å²) in [6.07, 6.45) is 0.950. The molecule has 0 saturated carbocycles. The Kier molecular flexibility index (Phi) is 3.88. The van der Waals surface area contributed by atoms with Crippen LogP contribution in [0.4, 0.5) is 5.69 Å². The molecule has 0 unspecified atom stereocenters. The largest absolute Gasteiger partial charge is 0.497 e. The van der Waals surface area contributed by atoms with E-state index in [2.05, 4.69) is 55.4 Å². The number of rotatable bonds is 4. The van der Waals surface area contributed by atoms with E-state index in [1.165, 1.54) is 16.8 Å². The summed E-state index contributed by atoms with van der Waals surface area (Å²) in [6.45, 7) is 0. The van der Waals surface area contributed by atoms with E-state index in [1.54, 1.807) is 7.11 Å². The van der Waals surface area contributed by atoms with Crippen LogP contribution >= 0.6 is 0 Å². The predicted octanol–water partition coefficient (Wildman–Crippen LogP) is 3.35. The van der Waals surface area contributed by atoms with Gasteiger partial charge in [-0.1, -0.05) is 24.3 Å². The highest BCUT2D eigenvalue weighted by atomic mass is 16.5. The van der Waals surface area contributed by atoms with Gasteiger partial charge in [0.2, 0.25) is 0 Å². The molecule has 0 aliphatic carbocycles. The number of ether oxygens (including phenoxy) is 1. The molecule has 0 aromatic heterocycles. The first-order valence-corrected chi connectivity index (χ1v) is 6.08. The molecule has 0 spiro atoms. The minimum absolute atomic E-state index is 0.904. The smallest absolute Gasteiger partial charge is 0.118 e. The fourth-order valence-corrected chi connectivity index (χ4v) is 1.92. The Morgan fingerprint density at radius 3 is 2.28 bits per heavy atom. The number of anilines is 1. The molecule has 0 fully saturated rings. The highest BCUT2D eigenvalue weighted by molar-refractivity contribution is 5.48. The Hall–Kier alpha value is -1.96. The van der Waals surface area contributed by atoms with Crippen molar-refractivity contribution in [1.29, 1.82) is 0 Å². The molecule has 0 N–H and O–H groups in total. The minimum Gasteiger partial charge on any atom is -0.497 e. The number of benzene rings is 2. The maximum atomic E-state index is 5.16. The van der Waals surface area contributed by atoms with Gasteiger partial charge in [-0.15, -0.1) is 0 Å². The molecule has 2 aromatic rings. The first kappa shape index (κ1) is 12.5. The van der Waals surface area contributed by atoms with Gasteiger partial charge in [-0.05, 0) is 41.8 Å². The molecule has 0 bridgehead atoms. The zero-order valence-electron chi connectivity index (χ0n) is 11.2. The van der Waals surface area contributed by atoms with Crippen LogP contribution in [0, 0.1) is 0 Å². The molecule has 94 valence electrons. The Balaban J connectivity index is 2.15. The third-order valence-corrected chi connectivity index (χ3v) is 2.99. The summed E-state index contributed by atoms with van der Waals surface area (Å²) in [5.41, 5.74) is 3.86. The van der Waals surface area contributed by atoms with Crippen LogP contribution in [-0.4, -0.2) is 21.2 Å². The van der Waals surface area contributed by atoms with E-state index in [1.807, 2.05) is 12.1 Å². The fourth-order valence-electron chi connectivity index (χ4n) is 1.92. The van der Waals surface area contributed by atoms with Crippen LogP contribution in [0.1, 0.15) is 11.1 Å². The molecule has 0 heterocycles. The molecule has 18 heavy (non-hydrogen) atoms. The highest BCUT2D eigenvalue weighted by Crippen LogP contribution is 2.18. The maximum Gasteiger partial charge on any atom is 0.118 e. The summed E-state index contributed by atoms with van der Waals surface area (Å²) in [7, 11) is 5.81. The third-order valence-electron chi connectivity index (χ3n) is 2.99. The summed E-state index contributed by atoms with van der Waals surface area (Å²) in [4.78, 5) is 2.12. The quantitative estimate of drug-likeness (QED) is 0.814. The predicted molar refractivity (Wildman–Crippen MR) is 76.6 cm³/mol. The van der Waals surface area contributed by atoms with Gasteiger partial charge < -0.3 is 9.64 Å². The van der Waals surface area contributed by atoms with E-state index in [9.17, 15) is 0 Å². The SMILES string of the molecule is COc1ccc(Cc2cccc(N(C)C)c2)cc1. The second-order valence-electron chi connectivity index (χ2n) is 4.59. The van der Waals surface area contributed by atoms with E-state index in [0.29, 0.717) is 0 Å². The molecule has 2 rings (SSSR count). The molecule has 0 aliphatic rings. The van der Waals surface area contributed by atoms with Crippen molar-refractivity contribution in [1.82, 2.24) is 0 Å². The van der Waals surface area contributed by atoms with Crippen LogP contribution in [0.15, 0.2) is 48.5 Å². The van der Waals surface area contributed by atoms with Gasteiger partial charge in [0.25, 0.3) is 0 Å². The van der Waals surface area contributed by atoms with E-state index in [0.717, 1.165) is 12.2 Å². The van der Waals surface area contributed by atoms with Crippen molar-refractivity contribution < 1.29 is 4.74 Å². The molecule has 0 radical (unpaired) electrons. The molecule has 0 amide bonds. The Morgan fingerprint density at radius 1 is 0.944 bits per heavy atom. The van der Waals surface area contributed by atoms with Gasteiger partial charge in [-0.3, -0.25) is 0 Å².